The van der Waals surface area contributed by atoms with Gasteiger partial charge in [-0.15, -0.1) is 0 Å². The van der Waals surface area contributed by atoms with Crippen molar-refractivity contribution in [1.82, 2.24) is 5.32 Å². The summed E-state index contributed by atoms with van der Waals surface area (Å²) in [7, 11) is 1.82. The molecule has 1 saturated carbocycles. The SMILES string of the molecule is CC(=O)NC1CC[C@@H](C(=O)N(C)c2ccc(-c3ccccc3)cc2)C1. The van der Waals surface area contributed by atoms with Crippen LogP contribution in [-0.4, -0.2) is 24.9 Å². The fourth-order valence-corrected chi connectivity index (χ4v) is 3.53. The number of hydrogen-bond donors (Lipinski definition) is 1. The molecule has 1 fully saturated rings. The minimum absolute atomic E-state index is 0.0179. The van der Waals surface area contributed by atoms with Crippen molar-refractivity contribution in [3.8, 4) is 11.1 Å². The van der Waals surface area contributed by atoms with Crippen molar-refractivity contribution in [2.45, 2.75) is 32.2 Å². The smallest absolute Gasteiger partial charge is 0.229 e. The Morgan fingerprint density at radius 2 is 1.60 bits per heavy atom. The normalized spacial score (nSPS) is 19.4. The average molecular weight is 336 g/mol. The van der Waals surface area contributed by atoms with Crippen LogP contribution in [0.2, 0.25) is 0 Å². The number of hydrogen-bond acceptors (Lipinski definition) is 2. The van der Waals surface area contributed by atoms with Gasteiger partial charge in [-0.1, -0.05) is 42.5 Å². The topological polar surface area (TPSA) is 49.4 Å². The largest absolute Gasteiger partial charge is 0.354 e. The fourth-order valence-electron chi connectivity index (χ4n) is 3.53. The molecule has 4 heteroatoms. The van der Waals surface area contributed by atoms with E-state index in [0.717, 1.165) is 36.1 Å². The van der Waals surface area contributed by atoms with Crippen LogP contribution >= 0.6 is 0 Å². The minimum Gasteiger partial charge on any atom is -0.354 e. The quantitative estimate of drug-likeness (QED) is 0.927. The van der Waals surface area contributed by atoms with Crippen molar-refractivity contribution in [3.63, 3.8) is 0 Å². The highest BCUT2D eigenvalue weighted by atomic mass is 16.2. The second kappa shape index (κ2) is 7.51. The van der Waals surface area contributed by atoms with E-state index in [1.54, 1.807) is 4.90 Å². The lowest BCUT2D eigenvalue weighted by Gasteiger charge is -2.21. The molecule has 25 heavy (non-hydrogen) atoms. The molecule has 130 valence electrons. The monoisotopic (exact) mass is 336 g/mol. The molecular weight excluding hydrogens is 312 g/mol. The molecule has 0 radical (unpaired) electrons. The third kappa shape index (κ3) is 4.08. The molecule has 0 aliphatic heterocycles. The van der Waals surface area contributed by atoms with Gasteiger partial charge in [0.2, 0.25) is 11.8 Å². The van der Waals surface area contributed by atoms with Gasteiger partial charge in [0.05, 0.1) is 0 Å². The average Bonchev–Trinajstić information content (AvgIpc) is 3.09. The molecule has 2 atom stereocenters. The third-order valence-electron chi connectivity index (χ3n) is 4.88. The highest BCUT2D eigenvalue weighted by Gasteiger charge is 2.32. The summed E-state index contributed by atoms with van der Waals surface area (Å²) >= 11 is 0. The van der Waals surface area contributed by atoms with Crippen LogP contribution in [0.1, 0.15) is 26.2 Å². The molecule has 2 aromatic carbocycles. The molecule has 0 saturated heterocycles. The van der Waals surface area contributed by atoms with Gasteiger partial charge in [0.1, 0.15) is 0 Å². The number of rotatable bonds is 4. The summed E-state index contributed by atoms with van der Waals surface area (Å²) in [5.74, 6) is 0.0823. The first-order valence-corrected chi connectivity index (χ1v) is 8.75. The molecule has 1 aliphatic rings. The highest BCUT2D eigenvalue weighted by molar-refractivity contribution is 5.95. The van der Waals surface area contributed by atoms with Gasteiger partial charge in [0.15, 0.2) is 0 Å². The molecule has 0 spiro atoms. The van der Waals surface area contributed by atoms with Crippen molar-refractivity contribution in [2.24, 2.45) is 5.92 Å². The molecule has 3 rings (SSSR count). The first-order valence-electron chi connectivity index (χ1n) is 8.75. The van der Waals surface area contributed by atoms with Crippen LogP contribution in [0.25, 0.3) is 11.1 Å². The second-order valence-electron chi connectivity index (χ2n) is 6.72. The number of anilines is 1. The van der Waals surface area contributed by atoms with Crippen molar-refractivity contribution in [2.75, 3.05) is 11.9 Å². The van der Waals surface area contributed by atoms with Gasteiger partial charge < -0.3 is 10.2 Å². The second-order valence-corrected chi connectivity index (χ2v) is 6.72. The van der Waals surface area contributed by atoms with E-state index in [0.29, 0.717) is 0 Å². The van der Waals surface area contributed by atoms with Gasteiger partial charge in [-0.3, -0.25) is 9.59 Å². The number of nitrogens with zero attached hydrogens (tertiary/aromatic N) is 1. The molecule has 4 nitrogen and oxygen atoms in total. The zero-order chi connectivity index (χ0) is 17.8. The molecule has 1 aliphatic carbocycles. The molecule has 0 heterocycles. The van der Waals surface area contributed by atoms with Crippen molar-refractivity contribution in [3.05, 3.63) is 54.6 Å². The summed E-state index contributed by atoms with van der Waals surface area (Å²) < 4.78 is 0. The lowest BCUT2D eigenvalue weighted by atomic mass is 10.0. The van der Waals surface area contributed by atoms with E-state index in [1.807, 2.05) is 49.5 Å². The van der Waals surface area contributed by atoms with Gasteiger partial charge in [-0.05, 0) is 42.5 Å². The Labute approximate surface area is 148 Å². The molecule has 0 aromatic heterocycles. The predicted molar refractivity (Wildman–Crippen MR) is 100 cm³/mol. The molecule has 1 unspecified atom stereocenters. The Kier molecular flexibility index (Phi) is 5.17. The molecule has 2 aromatic rings. The number of carbonyl (C=O) groups excluding carboxylic acids is 2. The van der Waals surface area contributed by atoms with Gasteiger partial charge in [-0.25, -0.2) is 0 Å². The van der Waals surface area contributed by atoms with Crippen molar-refractivity contribution in [1.29, 1.82) is 0 Å². The Bertz CT molecular complexity index is 740. The van der Waals surface area contributed by atoms with Crippen LogP contribution in [0, 0.1) is 5.92 Å². The fraction of sp³-hybridized carbons (Fsp3) is 0.333. The summed E-state index contributed by atoms with van der Waals surface area (Å²) in [5.41, 5.74) is 3.20. The van der Waals surface area contributed by atoms with E-state index < -0.39 is 0 Å². The first kappa shape index (κ1) is 17.2. The number of nitrogens with one attached hydrogen (secondary N) is 1. The Hall–Kier alpha value is -2.62. The van der Waals surface area contributed by atoms with E-state index >= 15 is 0 Å². The standard InChI is InChI=1S/C21H24N2O2/c1-15(24)22-19-11-8-18(14-19)21(25)23(2)20-12-9-17(10-13-20)16-6-4-3-5-7-16/h3-7,9-10,12-13,18-19H,8,11,14H2,1-2H3,(H,22,24)/t18-,19?/m1/s1. The lowest BCUT2D eigenvalue weighted by molar-refractivity contribution is -0.122. The Morgan fingerprint density at radius 3 is 2.24 bits per heavy atom. The summed E-state index contributed by atoms with van der Waals surface area (Å²) in [6, 6.07) is 18.4. The zero-order valence-corrected chi connectivity index (χ0v) is 14.7. The number of amides is 2. The van der Waals surface area contributed by atoms with E-state index in [2.05, 4.69) is 17.4 Å². The lowest BCUT2D eigenvalue weighted by Crippen LogP contribution is -2.34. The zero-order valence-electron chi connectivity index (χ0n) is 14.7. The van der Waals surface area contributed by atoms with Gasteiger partial charge in [0.25, 0.3) is 0 Å². The van der Waals surface area contributed by atoms with E-state index in [-0.39, 0.29) is 23.8 Å². The first-order chi connectivity index (χ1) is 12.0. The number of carbonyl (C=O) groups is 2. The van der Waals surface area contributed by atoms with Gasteiger partial charge in [-0.2, -0.15) is 0 Å². The van der Waals surface area contributed by atoms with Crippen molar-refractivity contribution >= 4 is 17.5 Å². The van der Waals surface area contributed by atoms with Crippen LogP contribution in [0.3, 0.4) is 0 Å². The number of benzene rings is 2. The highest BCUT2D eigenvalue weighted by Crippen LogP contribution is 2.29. The summed E-state index contributed by atoms with van der Waals surface area (Å²) in [6.07, 6.45) is 2.43. The van der Waals surface area contributed by atoms with Crippen LogP contribution in [0.15, 0.2) is 54.6 Å². The van der Waals surface area contributed by atoms with E-state index in [9.17, 15) is 9.59 Å². The molecule has 2 amide bonds. The van der Waals surface area contributed by atoms with Crippen LogP contribution in [0.5, 0.6) is 0 Å². The van der Waals surface area contributed by atoms with Crippen LogP contribution < -0.4 is 10.2 Å². The summed E-state index contributed by atoms with van der Waals surface area (Å²) in [4.78, 5) is 25.7. The van der Waals surface area contributed by atoms with Crippen LogP contribution in [-0.2, 0) is 9.59 Å². The Morgan fingerprint density at radius 1 is 0.960 bits per heavy atom. The third-order valence-corrected chi connectivity index (χ3v) is 4.88. The van der Waals surface area contributed by atoms with Gasteiger partial charge in [0, 0.05) is 31.6 Å². The van der Waals surface area contributed by atoms with E-state index in [1.165, 1.54) is 6.92 Å². The predicted octanol–water partition coefficient (Wildman–Crippen LogP) is 3.62. The Balaban J connectivity index is 1.65. The molecular formula is C21H24N2O2. The van der Waals surface area contributed by atoms with Crippen molar-refractivity contribution < 1.29 is 9.59 Å². The molecule has 1 N–H and O–H groups in total. The van der Waals surface area contributed by atoms with Gasteiger partial charge >= 0.3 is 0 Å². The molecule has 0 bridgehead atoms. The van der Waals surface area contributed by atoms with E-state index in [4.69, 9.17) is 0 Å². The maximum absolute atomic E-state index is 12.7. The minimum atomic E-state index is -0.0250. The summed E-state index contributed by atoms with van der Waals surface area (Å²) in [6.45, 7) is 1.52. The maximum Gasteiger partial charge on any atom is 0.229 e. The van der Waals surface area contributed by atoms with Crippen LogP contribution in [0.4, 0.5) is 5.69 Å². The summed E-state index contributed by atoms with van der Waals surface area (Å²) in [5, 5.41) is 2.92. The maximum atomic E-state index is 12.7.